The number of rotatable bonds is 4. The third-order valence-corrected chi connectivity index (χ3v) is 4.93. The second kappa shape index (κ2) is 8.22. The van der Waals surface area contributed by atoms with Crippen molar-refractivity contribution in [2.45, 2.75) is 19.9 Å². The Bertz CT molecular complexity index is 649. The summed E-state index contributed by atoms with van der Waals surface area (Å²) in [5.74, 6) is 0. The van der Waals surface area contributed by atoms with Gasteiger partial charge in [-0.1, -0.05) is 19.1 Å². The summed E-state index contributed by atoms with van der Waals surface area (Å²) in [7, 11) is 0. The van der Waals surface area contributed by atoms with E-state index in [0.29, 0.717) is 0 Å². The largest absolute Gasteiger partial charge is 0.338 e. The summed E-state index contributed by atoms with van der Waals surface area (Å²) < 4.78 is 0. The molecule has 0 aliphatic carbocycles. The summed E-state index contributed by atoms with van der Waals surface area (Å²) in [6.45, 7) is 7.45. The summed E-state index contributed by atoms with van der Waals surface area (Å²) in [6, 6.07) is 12.7. The first-order valence-electron chi connectivity index (χ1n) is 8.62. The lowest BCUT2D eigenvalue weighted by Crippen LogP contribution is -3.13. The maximum absolute atomic E-state index is 5.58. The number of nitrogens with one attached hydrogen (secondary N) is 2. The smallest absolute Gasteiger partial charge is 0.173 e. The Labute approximate surface area is 149 Å². The summed E-state index contributed by atoms with van der Waals surface area (Å²) in [5.41, 5.74) is 3.77. The highest BCUT2D eigenvalue weighted by atomic mass is 32.1. The molecular formula is C19H25N4S+. The third kappa shape index (κ3) is 4.52. The van der Waals surface area contributed by atoms with Crippen molar-refractivity contribution in [3.63, 3.8) is 0 Å². The number of piperazine rings is 1. The molecule has 2 heterocycles. The Morgan fingerprint density at radius 1 is 1.08 bits per heavy atom. The molecule has 1 fully saturated rings. The lowest BCUT2D eigenvalue weighted by molar-refractivity contribution is -0.917. The molecule has 0 amide bonds. The van der Waals surface area contributed by atoms with Crippen LogP contribution in [0.15, 0.2) is 48.8 Å². The summed E-state index contributed by atoms with van der Waals surface area (Å²) >= 11 is 5.58. The van der Waals surface area contributed by atoms with E-state index < -0.39 is 0 Å². The number of aryl methyl sites for hydroxylation is 1. The number of pyridine rings is 1. The standard InChI is InChI=1S/C19H24N4S/c1-2-16-3-5-18(6-4-16)21-19(24)23-13-11-22(12-14-23)15-17-7-9-20-10-8-17/h3-10H,2,11-15H2,1H3,(H,21,24)/p+1. The van der Waals surface area contributed by atoms with E-state index in [-0.39, 0.29) is 0 Å². The number of hydrogen-bond acceptors (Lipinski definition) is 2. The van der Waals surface area contributed by atoms with Crippen LogP contribution in [0.5, 0.6) is 0 Å². The van der Waals surface area contributed by atoms with Crippen LogP contribution in [0, 0.1) is 0 Å². The minimum absolute atomic E-state index is 0.835. The van der Waals surface area contributed by atoms with E-state index in [9.17, 15) is 0 Å². The molecule has 0 atom stereocenters. The van der Waals surface area contributed by atoms with E-state index in [2.05, 4.69) is 58.5 Å². The number of anilines is 1. The van der Waals surface area contributed by atoms with Gasteiger partial charge in [0, 0.05) is 23.6 Å². The van der Waals surface area contributed by atoms with Crippen molar-refractivity contribution in [3.05, 3.63) is 59.9 Å². The average molecular weight is 342 g/mol. The fourth-order valence-corrected chi connectivity index (χ4v) is 3.32. The second-order valence-electron chi connectivity index (χ2n) is 6.25. The van der Waals surface area contributed by atoms with Crippen LogP contribution in [-0.2, 0) is 13.0 Å². The molecule has 1 aliphatic heterocycles. The monoisotopic (exact) mass is 341 g/mol. The van der Waals surface area contributed by atoms with Gasteiger partial charge in [0.15, 0.2) is 5.11 Å². The Kier molecular flexibility index (Phi) is 5.77. The molecule has 5 heteroatoms. The molecule has 0 saturated carbocycles. The van der Waals surface area contributed by atoms with Crippen LogP contribution >= 0.6 is 12.2 Å². The molecule has 0 spiro atoms. The van der Waals surface area contributed by atoms with Crippen LogP contribution in [0.2, 0.25) is 0 Å². The van der Waals surface area contributed by atoms with Gasteiger partial charge in [0.2, 0.25) is 0 Å². The quantitative estimate of drug-likeness (QED) is 0.830. The van der Waals surface area contributed by atoms with Gasteiger partial charge in [0.25, 0.3) is 0 Å². The summed E-state index contributed by atoms with van der Waals surface area (Å²) in [4.78, 5) is 7.96. The van der Waals surface area contributed by atoms with E-state index in [0.717, 1.165) is 49.9 Å². The van der Waals surface area contributed by atoms with Gasteiger partial charge in [0.1, 0.15) is 6.54 Å². The molecule has 3 rings (SSSR count). The zero-order chi connectivity index (χ0) is 16.8. The Morgan fingerprint density at radius 2 is 1.75 bits per heavy atom. The first-order chi connectivity index (χ1) is 11.7. The first kappa shape index (κ1) is 16.9. The van der Waals surface area contributed by atoms with Crippen molar-refractivity contribution in [3.8, 4) is 0 Å². The fourth-order valence-electron chi connectivity index (χ4n) is 3.02. The number of benzene rings is 1. The van der Waals surface area contributed by atoms with Crippen LogP contribution in [0.1, 0.15) is 18.1 Å². The Balaban J connectivity index is 1.47. The third-order valence-electron chi connectivity index (χ3n) is 4.57. The van der Waals surface area contributed by atoms with Crippen LogP contribution in [-0.4, -0.2) is 41.2 Å². The number of thiocarbonyl (C=S) groups is 1. The molecule has 1 aromatic heterocycles. The van der Waals surface area contributed by atoms with E-state index >= 15 is 0 Å². The van der Waals surface area contributed by atoms with Gasteiger partial charge in [0.05, 0.1) is 26.2 Å². The molecule has 2 aromatic rings. The molecule has 126 valence electrons. The van der Waals surface area contributed by atoms with E-state index in [4.69, 9.17) is 12.2 Å². The average Bonchev–Trinajstić information content (AvgIpc) is 2.64. The maximum atomic E-state index is 5.58. The lowest BCUT2D eigenvalue weighted by Gasteiger charge is -2.33. The van der Waals surface area contributed by atoms with Crippen molar-refractivity contribution in [2.24, 2.45) is 0 Å². The van der Waals surface area contributed by atoms with E-state index in [1.165, 1.54) is 11.1 Å². The van der Waals surface area contributed by atoms with E-state index in [1.54, 1.807) is 4.90 Å². The van der Waals surface area contributed by atoms with Crippen LogP contribution in [0.25, 0.3) is 0 Å². The van der Waals surface area contributed by atoms with Gasteiger partial charge in [-0.25, -0.2) is 0 Å². The van der Waals surface area contributed by atoms with Crippen LogP contribution in [0.4, 0.5) is 5.69 Å². The van der Waals surface area contributed by atoms with E-state index in [1.807, 2.05) is 12.4 Å². The highest BCUT2D eigenvalue weighted by Crippen LogP contribution is 2.11. The van der Waals surface area contributed by atoms with Gasteiger partial charge >= 0.3 is 0 Å². The minimum Gasteiger partial charge on any atom is -0.338 e. The molecule has 4 nitrogen and oxygen atoms in total. The summed E-state index contributed by atoms with van der Waals surface area (Å²) in [6.07, 6.45) is 4.80. The predicted octanol–water partition coefficient (Wildman–Crippen LogP) is 1.74. The van der Waals surface area contributed by atoms with Crippen LogP contribution in [0.3, 0.4) is 0 Å². The molecule has 24 heavy (non-hydrogen) atoms. The van der Waals surface area contributed by atoms with Gasteiger partial charge in [-0.05, 0) is 48.5 Å². The lowest BCUT2D eigenvalue weighted by atomic mass is 10.1. The Morgan fingerprint density at radius 3 is 2.38 bits per heavy atom. The van der Waals surface area contributed by atoms with Gasteiger partial charge in [-0.2, -0.15) is 0 Å². The predicted molar refractivity (Wildman–Crippen MR) is 102 cm³/mol. The van der Waals surface area contributed by atoms with Crippen molar-refractivity contribution < 1.29 is 4.90 Å². The number of hydrogen-bond donors (Lipinski definition) is 2. The van der Waals surface area contributed by atoms with Gasteiger partial charge in [-0.3, -0.25) is 4.98 Å². The van der Waals surface area contributed by atoms with Crippen molar-refractivity contribution >= 4 is 23.0 Å². The number of quaternary nitrogens is 1. The molecule has 0 bridgehead atoms. The Hall–Kier alpha value is -1.98. The SMILES string of the molecule is CCc1ccc(NC(=S)N2CC[NH+](Cc3ccncc3)CC2)cc1. The normalized spacial score (nSPS) is 15.3. The van der Waals surface area contributed by atoms with Crippen molar-refractivity contribution in [2.75, 3.05) is 31.5 Å². The fraction of sp³-hybridized carbons (Fsp3) is 0.368. The highest BCUT2D eigenvalue weighted by Gasteiger charge is 2.21. The number of nitrogens with zero attached hydrogens (tertiary/aromatic N) is 2. The van der Waals surface area contributed by atoms with Crippen molar-refractivity contribution in [1.29, 1.82) is 0 Å². The highest BCUT2D eigenvalue weighted by molar-refractivity contribution is 7.80. The van der Waals surface area contributed by atoms with Crippen LogP contribution < -0.4 is 10.2 Å². The molecule has 1 aliphatic rings. The first-order valence-corrected chi connectivity index (χ1v) is 9.03. The molecule has 1 aromatic carbocycles. The zero-order valence-electron chi connectivity index (χ0n) is 14.2. The second-order valence-corrected chi connectivity index (χ2v) is 6.64. The molecule has 0 unspecified atom stereocenters. The topological polar surface area (TPSA) is 32.6 Å². The zero-order valence-corrected chi connectivity index (χ0v) is 15.0. The van der Waals surface area contributed by atoms with Crippen molar-refractivity contribution in [1.82, 2.24) is 9.88 Å². The number of aromatic nitrogens is 1. The maximum Gasteiger partial charge on any atom is 0.173 e. The minimum atomic E-state index is 0.835. The molecule has 0 radical (unpaired) electrons. The van der Waals surface area contributed by atoms with Gasteiger partial charge in [-0.15, -0.1) is 0 Å². The summed E-state index contributed by atoms with van der Waals surface area (Å²) in [5, 5.41) is 4.20. The molecule has 2 N–H and O–H groups in total. The van der Waals surface area contributed by atoms with Gasteiger partial charge < -0.3 is 15.1 Å². The molecular weight excluding hydrogens is 316 g/mol. The molecule has 1 saturated heterocycles.